The summed E-state index contributed by atoms with van der Waals surface area (Å²) in [5.41, 5.74) is -2.12. The van der Waals surface area contributed by atoms with E-state index in [1.54, 1.807) is 24.3 Å². The summed E-state index contributed by atoms with van der Waals surface area (Å²) in [6.07, 6.45) is -4.94. The number of benzene rings is 1. The van der Waals surface area contributed by atoms with Crippen LogP contribution in [0.5, 0.6) is 11.5 Å². The molecule has 1 aliphatic heterocycles. The molecule has 1 aromatic heterocycles. The maximum Gasteiger partial charge on any atom is 0.434 e. The number of piperazine rings is 1. The second kappa shape index (κ2) is 11.0. The summed E-state index contributed by atoms with van der Waals surface area (Å²) in [5, 5.41) is 12.3. The van der Waals surface area contributed by atoms with Gasteiger partial charge < -0.3 is 29.3 Å². The topological polar surface area (TPSA) is 117 Å². The number of nitrogens with one attached hydrogen (secondary N) is 1. The van der Waals surface area contributed by atoms with Gasteiger partial charge in [-0.05, 0) is 25.1 Å². The van der Waals surface area contributed by atoms with Crippen LogP contribution in [0.4, 0.5) is 29.5 Å². The minimum atomic E-state index is -4.94. The highest BCUT2D eigenvalue weighted by Crippen LogP contribution is 2.36. The van der Waals surface area contributed by atoms with Crippen LogP contribution in [0, 0.1) is 11.3 Å². The number of hydrogen-bond donors (Lipinski definition) is 1. The number of aromatic nitrogens is 1. The lowest BCUT2D eigenvalue weighted by molar-refractivity contribution is -0.141. The third-order valence-electron chi connectivity index (χ3n) is 5.41. The lowest BCUT2D eigenvalue weighted by atomic mass is 10.1. The Morgan fingerprint density at radius 3 is 2.25 bits per heavy atom. The molecule has 1 aliphatic rings. The summed E-state index contributed by atoms with van der Waals surface area (Å²) in [6.45, 7) is 1.80. The molecule has 0 atom stereocenters. The fourth-order valence-corrected chi connectivity index (χ4v) is 3.69. The van der Waals surface area contributed by atoms with Gasteiger partial charge in [-0.3, -0.25) is 0 Å². The van der Waals surface area contributed by atoms with E-state index >= 15 is 0 Å². The number of esters is 1. The van der Waals surface area contributed by atoms with Crippen LogP contribution in [0.2, 0.25) is 0 Å². The van der Waals surface area contributed by atoms with E-state index < -0.39 is 29.4 Å². The maximum atomic E-state index is 13.7. The number of urea groups is 1. The van der Waals surface area contributed by atoms with Crippen molar-refractivity contribution in [3.8, 4) is 17.6 Å². The molecule has 36 heavy (non-hydrogen) atoms. The number of rotatable bonds is 6. The van der Waals surface area contributed by atoms with Crippen LogP contribution in [-0.4, -0.2) is 68.9 Å². The molecule has 2 heterocycles. The first-order chi connectivity index (χ1) is 17.1. The van der Waals surface area contributed by atoms with Crippen LogP contribution in [0.1, 0.15) is 28.5 Å². The van der Waals surface area contributed by atoms with Crippen molar-refractivity contribution in [2.45, 2.75) is 13.1 Å². The zero-order valence-corrected chi connectivity index (χ0v) is 19.8. The zero-order valence-electron chi connectivity index (χ0n) is 19.8. The molecule has 0 aliphatic carbocycles. The molecule has 192 valence electrons. The molecule has 3 rings (SSSR count). The Balaban J connectivity index is 1.81. The van der Waals surface area contributed by atoms with E-state index in [1.165, 1.54) is 30.9 Å². The van der Waals surface area contributed by atoms with Crippen LogP contribution in [0.15, 0.2) is 24.3 Å². The number of anilines is 2. The first-order valence-electron chi connectivity index (χ1n) is 10.9. The molecule has 2 amide bonds. The van der Waals surface area contributed by atoms with Gasteiger partial charge >= 0.3 is 18.2 Å². The number of pyridine rings is 1. The van der Waals surface area contributed by atoms with E-state index in [4.69, 9.17) is 14.2 Å². The second-order valence-electron chi connectivity index (χ2n) is 7.53. The van der Waals surface area contributed by atoms with Gasteiger partial charge in [-0.2, -0.15) is 18.4 Å². The van der Waals surface area contributed by atoms with Crippen molar-refractivity contribution in [2.24, 2.45) is 0 Å². The van der Waals surface area contributed by atoms with Crippen LogP contribution in [0.3, 0.4) is 0 Å². The van der Waals surface area contributed by atoms with E-state index in [0.717, 1.165) is 6.07 Å². The lowest BCUT2D eigenvalue weighted by Crippen LogP contribution is -2.50. The van der Waals surface area contributed by atoms with Gasteiger partial charge in [0.2, 0.25) is 0 Å². The maximum absolute atomic E-state index is 13.7. The number of carbonyl (C=O) groups excluding carboxylic acids is 2. The molecule has 1 aromatic carbocycles. The SMILES string of the molecule is CCOC(=O)c1cc(C#N)c(N2CCN(C(=O)Nc3c(OC)cccc3OC)CC2)nc1C(F)(F)F. The van der Waals surface area contributed by atoms with E-state index in [2.05, 4.69) is 10.3 Å². The number of methoxy groups -OCH3 is 2. The smallest absolute Gasteiger partial charge is 0.434 e. The van der Waals surface area contributed by atoms with Gasteiger partial charge in [0.15, 0.2) is 5.69 Å². The number of alkyl halides is 3. The molecular formula is C23H24F3N5O5. The molecule has 0 saturated carbocycles. The highest BCUT2D eigenvalue weighted by molar-refractivity contribution is 5.93. The van der Waals surface area contributed by atoms with Crippen molar-refractivity contribution in [1.29, 1.82) is 5.26 Å². The van der Waals surface area contributed by atoms with Crippen LogP contribution in [0.25, 0.3) is 0 Å². The van der Waals surface area contributed by atoms with Gasteiger partial charge in [-0.1, -0.05) is 6.07 Å². The first kappa shape index (κ1) is 26.4. The minimum Gasteiger partial charge on any atom is -0.494 e. The average molecular weight is 507 g/mol. The van der Waals surface area contributed by atoms with Crippen LogP contribution >= 0.6 is 0 Å². The molecule has 0 radical (unpaired) electrons. The number of ether oxygens (including phenoxy) is 3. The molecule has 0 bridgehead atoms. The molecule has 13 heteroatoms. The fraction of sp³-hybridized carbons (Fsp3) is 0.391. The number of carbonyl (C=O) groups is 2. The standard InChI is InChI=1S/C23H24F3N5O5/c1-4-36-21(32)15-12-14(13-27)20(29-19(15)23(24,25)26)30-8-10-31(11-9-30)22(33)28-18-16(34-2)6-5-7-17(18)35-3/h5-7,12H,4,8-11H2,1-3H3,(H,28,33). The van der Waals surface area contributed by atoms with Crippen molar-refractivity contribution >= 4 is 23.5 Å². The average Bonchev–Trinajstić information content (AvgIpc) is 2.87. The summed E-state index contributed by atoms with van der Waals surface area (Å²) >= 11 is 0. The molecular weight excluding hydrogens is 483 g/mol. The summed E-state index contributed by atoms with van der Waals surface area (Å²) in [6, 6.07) is 7.20. The molecule has 0 unspecified atom stereocenters. The number of halogens is 3. The van der Waals surface area contributed by atoms with Crippen molar-refractivity contribution in [2.75, 3.05) is 57.2 Å². The molecule has 2 aromatic rings. The second-order valence-corrected chi connectivity index (χ2v) is 7.53. The molecule has 1 saturated heterocycles. The van der Waals surface area contributed by atoms with E-state index in [-0.39, 0.29) is 44.2 Å². The summed E-state index contributed by atoms with van der Waals surface area (Å²) in [7, 11) is 2.90. The number of nitriles is 1. The number of para-hydroxylation sites is 1. The van der Waals surface area contributed by atoms with E-state index in [1.807, 2.05) is 0 Å². The van der Waals surface area contributed by atoms with E-state index in [9.17, 15) is 28.0 Å². The first-order valence-corrected chi connectivity index (χ1v) is 10.9. The third kappa shape index (κ3) is 5.54. The van der Waals surface area contributed by atoms with Crippen molar-refractivity contribution in [3.63, 3.8) is 0 Å². The van der Waals surface area contributed by atoms with Crippen LogP contribution in [-0.2, 0) is 10.9 Å². The van der Waals surface area contributed by atoms with Gasteiger partial charge in [0.1, 0.15) is 29.1 Å². The van der Waals surface area contributed by atoms with Gasteiger partial charge in [-0.15, -0.1) is 0 Å². The lowest BCUT2D eigenvalue weighted by Gasteiger charge is -2.36. The molecule has 0 spiro atoms. The fourth-order valence-electron chi connectivity index (χ4n) is 3.69. The predicted molar refractivity (Wildman–Crippen MR) is 122 cm³/mol. The van der Waals surface area contributed by atoms with Crippen molar-refractivity contribution < 1.29 is 37.0 Å². The number of nitrogens with zero attached hydrogens (tertiary/aromatic N) is 4. The third-order valence-corrected chi connectivity index (χ3v) is 5.41. The normalized spacial score (nSPS) is 13.6. The highest BCUT2D eigenvalue weighted by atomic mass is 19.4. The monoisotopic (exact) mass is 507 g/mol. The predicted octanol–water partition coefficient (Wildman–Crippen LogP) is 3.52. The Morgan fingerprint density at radius 1 is 1.14 bits per heavy atom. The number of amides is 2. The minimum absolute atomic E-state index is 0.105. The summed E-state index contributed by atoms with van der Waals surface area (Å²) < 4.78 is 56.3. The molecule has 1 N–H and O–H groups in total. The Labute approximate surface area is 205 Å². The van der Waals surface area contributed by atoms with Gasteiger partial charge in [-0.25, -0.2) is 14.6 Å². The summed E-state index contributed by atoms with van der Waals surface area (Å²) in [4.78, 5) is 31.5. The molecule has 1 fully saturated rings. The zero-order chi connectivity index (χ0) is 26.5. The number of hydrogen-bond acceptors (Lipinski definition) is 8. The van der Waals surface area contributed by atoms with Gasteiger partial charge in [0.05, 0.1) is 32.0 Å². The largest absolute Gasteiger partial charge is 0.494 e. The molecule has 10 nitrogen and oxygen atoms in total. The highest BCUT2D eigenvalue weighted by Gasteiger charge is 2.40. The Bertz CT molecular complexity index is 1150. The summed E-state index contributed by atoms with van der Waals surface area (Å²) in [5.74, 6) is -0.644. The van der Waals surface area contributed by atoms with Gasteiger partial charge in [0.25, 0.3) is 0 Å². The van der Waals surface area contributed by atoms with E-state index in [0.29, 0.717) is 17.2 Å². The van der Waals surface area contributed by atoms with Crippen LogP contribution < -0.4 is 19.7 Å². The quantitative estimate of drug-likeness (QED) is 0.591. The Morgan fingerprint density at radius 2 is 1.75 bits per heavy atom. The Kier molecular flexibility index (Phi) is 8.08. The van der Waals surface area contributed by atoms with Crippen molar-refractivity contribution in [3.05, 3.63) is 41.1 Å². The Hall–Kier alpha value is -4.21. The van der Waals surface area contributed by atoms with Crippen molar-refractivity contribution in [1.82, 2.24) is 9.88 Å². The van der Waals surface area contributed by atoms with Gasteiger partial charge in [0, 0.05) is 26.2 Å².